The Morgan fingerprint density at radius 2 is 1.34 bits per heavy atom. The second-order valence-electron chi connectivity index (χ2n) is 9.31. The fourth-order valence-corrected chi connectivity index (χ4v) is 5.32. The van der Waals surface area contributed by atoms with Gasteiger partial charge in [0, 0.05) is 11.1 Å². The minimum absolute atomic E-state index is 0.428. The van der Waals surface area contributed by atoms with Gasteiger partial charge < -0.3 is 9.64 Å². The topological polar surface area (TPSA) is 29.3 Å². The van der Waals surface area contributed by atoms with Crippen LogP contribution in [0.1, 0.15) is 28.3 Å². The van der Waals surface area contributed by atoms with Crippen LogP contribution < -0.4 is 9.64 Å². The van der Waals surface area contributed by atoms with Gasteiger partial charge in [-0.2, -0.15) is 5.10 Å². The van der Waals surface area contributed by atoms with Gasteiger partial charge in [0.2, 0.25) is 0 Å². The normalized spacial score (nSPS) is 15.8. The van der Waals surface area contributed by atoms with Crippen LogP contribution >= 0.6 is 0 Å². The quantitative estimate of drug-likeness (QED) is 0.427. The Hall–Kier alpha value is -3.89. The number of nitrogens with one attached hydrogen (secondary N) is 1. The van der Waals surface area contributed by atoms with Crippen molar-refractivity contribution in [3.63, 3.8) is 0 Å². The van der Waals surface area contributed by atoms with Crippen molar-refractivity contribution in [1.29, 1.82) is 0 Å². The van der Waals surface area contributed by atoms with Gasteiger partial charge in [0.05, 0.1) is 32.4 Å². The van der Waals surface area contributed by atoms with Crippen LogP contribution in [-0.4, -0.2) is 37.4 Å². The van der Waals surface area contributed by atoms with Crippen molar-refractivity contribution in [3.05, 3.63) is 125 Å². The molecule has 0 bridgehead atoms. The van der Waals surface area contributed by atoms with E-state index in [2.05, 4.69) is 77.8 Å². The summed E-state index contributed by atoms with van der Waals surface area (Å²) in [5.74, 6) is 0.875. The third kappa shape index (κ3) is 4.58. The van der Waals surface area contributed by atoms with Crippen LogP contribution in [0.5, 0.6) is 5.75 Å². The number of quaternary nitrogens is 1. The van der Waals surface area contributed by atoms with Gasteiger partial charge >= 0.3 is 0 Å². The largest absolute Gasteiger partial charge is 0.489 e. The lowest BCUT2D eigenvalue weighted by atomic mass is 10.0. The summed E-state index contributed by atoms with van der Waals surface area (Å²) in [6.45, 7) is 4.67. The number of benzene rings is 4. The van der Waals surface area contributed by atoms with Crippen LogP contribution in [0.3, 0.4) is 0 Å². The summed E-state index contributed by atoms with van der Waals surface area (Å²) >= 11 is 0. The molecule has 174 valence electrons. The molecule has 0 saturated carbocycles. The first-order valence-corrected chi connectivity index (χ1v) is 12.4. The van der Waals surface area contributed by atoms with Crippen molar-refractivity contribution in [1.82, 2.24) is 5.01 Å². The van der Waals surface area contributed by atoms with E-state index < -0.39 is 0 Å². The fourth-order valence-electron chi connectivity index (χ4n) is 5.32. The monoisotopic (exact) mass is 460 g/mol. The Kier molecular flexibility index (Phi) is 6.04. The summed E-state index contributed by atoms with van der Waals surface area (Å²) in [4.78, 5) is 1.63. The Morgan fingerprint density at radius 3 is 2.00 bits per heavy atom. The second kappa shape index (κ2) is 9.77. The Morgan fingerprint density at radius 1 is 0.743 bits per heavy atom. The molecule has 35 heavy (non-hydrogen) atoms. The van der Waals surface area contributed by atoms with E-state index in [0.29, 0.717) is 12.6 Å². The van der Waals surface area contributed by atoms with Crippen molar-refractivity contribution in [2.75, 3.05) is 26.2 Å². The number of piperazine rings is 1. The molecule has 1 N–H and O–H groups in total. The van der Waals surface area contributed by atoms with Gasteiger partial charge in [-0.1, -0.05) is 78.9 Å². The molecule has 1 aliphatic carbocycles. The van der Waals surface area contributed by atoms with E-state index in [4.69, 9.17) is 9.84 Å². The predicted molar refractivity (Wildman–Crippen MR) is 141 cm³/mol. The van der Waals surface area contributed by atoms with Gasteiger partial charge in [-0.25, -0.2) is 0 Å². The maximum Gasteiger partial charge on any atom is 0.140 e. The van der Waals surface area contributed by atoms with E-state index in [0.717, 1.165) is 37.5 Å². The van der Waals surface area contributed by atoms with Gasteiger partial charge in [-0.3, -0.25) is 5.01 Å². The molecule has 0 amide bonds. The minimum Gasteiger partial charge on any atom is -0.489 e. The van der Waals surface area contributed by atoms with E-state index in [1.165, 1.54) is 27.8 Å². The van der Waals surface area contributed by atoms with Crippen molar-refractivity contribution in [2.45, 2.75) is 12.6 Å². The van der Waals surface area contributed by atoms with E-state index in [1.54, 1.807) is 4.90 Å². The molecule has 4 nitrogen and oxygen atoms in total. The van der Waals surface area contributed by atoms with Gasteiger partial charge in [-0.05, 0) is 46.5 Å². The van der Waals surface area contributed by atoms with Crippen LogP contribution in [0.4, 0.5) is 0 Å². The molecule has 4 heteroatoms. The average Bonchev–Trinajstić information content (AvgIpc) is 3.27. The molecule has 0 spiro atoms. The lowest BCUT2D eigenvalue weighted by molar-refractivity contribution is -0.929. The van der Waals surface area contributed by atoms with E-state index in [9.17, 15) is 0 Å². The van der Waals surface area contributed by atoms with Gasteiger partial charge in [0.1, 0.15) is 18.4 Å². The first-order valence-electron chi connectivity index (χ1n) is 12.4. The highest BCUT2D eigenvalue weighted by Gasteiger charge is 2.37. The highest BCUT2D eigenvalue weighted by Crippen LogP contribution is 2.41. The maximum absolute atomic E-state index is 5.89. The lowest BCUT2D eigenvalue weighted by Crippen LogP contribution is -3.14. The summed E-state index contributed by atoms with van der Waals surface area (Å²) in [5, 5.41) is 6.98. The molecule has 4 aromatic carbocycles. The SMILES string of the molecule is C(=N\N1CC[NH+](C2c3ccccc3-c3ccccc32)CC1)/c1ccc(OCc2ccccc2)cc1. The van der Waals surface area contributed by atoms with E-state index in [-0.39, 0.29) is 0 Å². The van der Waals surface area contributed by atoms with Gasteiger partial charge in [-0.15, -0.1) is 0 Å². The zero-order chi connectivity index (χ0) is 23.5. The second-order valence-corrected chi connectivity index (χ2v) is 9.31. The van der Waals surface area contributed by atoms with Gasteiger partial charge in [0.25, 0.3) is 0 Å². The molecule has 4 aromatic rings. The van der Waals surface area contributed by atoms with Crippen molar-refractivity contribution in [2.24, 2.45) is 5.10 Å². The Bertz CT molecular complexity index is 1260. The molecule has 2 aliphatic rings. The summed E-state index contributed by atoms with van der Waals surface area (Å²) in [6, 6.07) is 36.7. The number of ether oxygens (including phenoxy) is 1. The highest BCUT2D eigenvalue weighted by atomic mass is 16.5. The maximum atomic E-state index is 5.89. The molecule has 1 aliphatic heterocycles. The number of hydrazone groups is 1. The number of rotatable bonds is 6. The van der Waals surface area contributed by atoms with Crippen molar-refractivity contribution >= 4 is 6.21 Å². The van der Waals surface area contributed by atoms with Crippen LogP contribution in [0, 0.1) is 0 Å². The third-order valence-electron chi connectivity index (χ3n) is 7.12. The van der Waals surface area contributed by atoms with Crippen molar-refractivity contribution < 1.29 is 9.64 Å². The Labute approximate surface area is 207 Å². The van der Waals surface area contributed by atoms with E-state index >= 15 is 0 Å². The van der Waals surface area contributed by atoms with Crippen LogP contribution in [0.15, 0.2) is 108 Å². The number of nitrogens with zero attached hydrogens (tertiary/aromatic N) is 2. The first kappa shape index (κ1) is 21.6. The zero-order valence-corrected chi connectivity index (χ0v) is 19.8. The summed E-state index contributed by atoms with van der Waals surface area (Å²) in [7, 11) is 0. The molecule has 0 aromatic heterocycles. The standard InChI is InChI=1S/C31H29N3O/c1-2-8-25(9-3-1)23-35-26-16-14-24(15-17-26)22-32-34-20-18-33(19-21-34)31-29-12-6-4-10-27(29)28-11-5-7-13-30(28)31/h1-17,22,31H,18-21,23H2/p+1/b32-22+. The van der Waals surface area contributed by atoms with Gasteiger partial charge in [0.15, 0.2) is 0 Å². The minimum atomic E-state index is 0.428. The molecule has 1 heterocycles. The lowest BCUT2D eigenvalue weighted by Gasteiger charge is -2.34. The summed E-state index contributed by atoms with van der Waals surface area (Å²) in [6.07, 6.45) is 1.96. The summed E-state index contributed by atoms with van der Waals surface area (Å²) < 4.78 is 5.89. The molecule has 0 atom stereocenters. The summed E-state index contributed by atoms with van der Waals surface area (Å²) in [5.41, 5.74) is 7.99. The third-order valence-corrected chi connectivity index (χ3v) is 7.12. The van der Waals surface area contributed by atoms with Crippen molar-refractivity contribution in [3.8, 4) is 16.9 Å². The number of hydrogen-bond acceptors (Lipinski definition) is 3. The molecule has 1 saturated heterocycles. The molecular weight excluding hydrogens is 430 g/mol. The molecule has 6 rings (SSSR count). The van der Waals surface area contributed by atoms with Crippen LogP contribution in [0.25, 0.3) is 11.1 Å². The first-order chi connectivity index (χ1) is 17.3. The fraction of sp³-hybridized carbons (Fsp3) is 0.194. The number of hydrogen-bond donors (Lipinski definition) is 1. The Balaban J connectivity index is 1.06. The molecule has 0 unspecified atom stereocenters. The highest BCUT2D eigenvalue weighted by molar-refractivity contribution is 5.79. The zero-order valence-electron chi connectivity index (χ0n) is 19.8. The number of fused-ring (bicyclic) bond motifs is 3. The molecule has 1 fully saturated rings. The van der Waals surface area contributed by atoms with E-state index in [1.807, 2.05) is 36.5 Å². The molecular formula is C31H30N3O+. The average molecular weight is 461 g/mol. The predicted octanol–water partition coefficient (Wildman–Crippen LogP) is 4.57. The van der Waals surface area contributed by atoms with Crippen LogP contribution in [0.2, 0.25) is 0 Å². The van der Waals surface area contributed by atoms with Crippen LogP contribution in [-0.2, 0) is 6.61 Å². The smallest absolute Gasteiger partial charge is 0.140 e. The molecule has 0 radical (unpaired) electrons.